The Labute approximate surface area is 201 Å². The van der Waals surface area contributed by atoms with E-state index < -0.39 is 5.66 Å². The van der Waals surface area contributed by atoms with Gasteiger partial charge in [0.25, 0.3) is 5.56 Å². The Balaban J connectivity index is 1.51. The van der Waals surface area contributed by atoms with Crippen molar-refractivity contribution in [3.8, 4) is 5.69 Å². The van der Waals surface area contributed by atoms with Gasteiger partial charge in [0, 0.05) is 17.6 Å². The summed E-state index contributed by atoms with van der Waals surface area (Å²) in [7, 11) is 0. The van der Waals surface area contributed by atoms with Gasteiger partial charge < -0.3 is 16.0 Å². The summed E-state index contributed by atoms with van der Waals surface area (Å²) in [5.74, 6) is 0.545. The van der Waals surface area contributed by atoms with Gasteiger partial charge in [-0.15, -0.1) is 15.0 Å². The summed E-state index contributed by atoms with van der Waals surface area (Å²) in [6, 6.07) is 15.4. The smallest absolute Gasteiger partial charge is 0.278 e. The molecule has 10 nitrogen and oxygen atoms in total. The molecule has 6 rings (SSSR count). The van der Waals surface area contributed by atoms with Crippen LogP contribution in [-0.2, 0) is 6.54 Å². The van der Waals surface area contributed by atoms with E-state index in [9.17, 15) is 4.79 Å². The molecule has 178 valence electrons. The lowest BCUT2D eigenvalue weighted by molar-refractivity contribution is 0.305. The summed E-state index contributed by atoms with van der Waals surface area (Å²) in [5, 5.41) is 9.93. The summed E-state index contributed by atoms with van der Waals surface area (Å²) in [6.07, 6.45) is 4.94. The number of nitrogens with two attached hydrogens (primary N) is 2. The molecule has 1 aliphatic carbocycles. The van der Waals surface area contributed by atoms with Crippen LogP contribution in [0, 0.1) is 0 Å². The minimum Gasteiger partial charge on any atom is -0.369 e. The summed E-state index contributed by atoms with van der Waals surface area (Å²) < 4.78 is 1.74. The van der Waals surface area contributed by atoms with Crippen LogP contribution < -0.4 is 21.9 Å². The highest BCUT2D eigenvalue weighted by Crippen LogP contribution is 2.40. The highest BCUT2D eigenvalue weighted by atomic mass is 16.1. The van der Waals surface area contributed by atoms with Crippen molar-refractivity contribution >= 4 is 39.5 Å². The molecule has 0 atom stereocenters. The first-order valence-corrected chi connectivity index (χ1v) is 12.0. The van der Waals surface area contributed by atoms with Gasteiger partial charge in [0.2, 0.25) is 11.9 Å². The fraction of sp³-hybridized carbons (Fsp3) is 0.320. The molecular formula is C25H27N9O. The number of benzene rings is 2. The van der Waals surface area contributed by atoms with Gasteiger partial charge in [-0.05, 0) is 62.9 Å². The van der Waals surface area contributed by atoms with E-state index in [1.807, 2.05) is 60.4 Å². The number of pyridine rings is 1. The molecule has 4 aromatic rings. The number of hydrogen-bond donors (Lipinski definition) is 2. The number of anilines is 1. The van der Waals surface area contributed by atoms with Crippen molar-refractivity contribution in [2.75, 3.05) is 4.90 Å². The zero-order valence-corrected chi connectivity index (χ0v) is 19.6. The van der Waals surface area contributed by atoms with E-state index in [0.717, 1.165) is 59.7 Å². The van der Waals surface area contributed by atoms with Gasteiger partial charge >= 0.3 is 0 Å². The molecule has 1 saturated carbocycles. The highest BCUT2D eigenvalue weighted by molar-refractivity contribution is 6.06. The Kier molecular flexibility index (Phi) is 4.84. The maximum Gasteiger partial charge on any atom is 0.278 e. The van der Waals surface area contributed by atoms with Crippen molar-refractivity contribution in [3.05, 3.63) is 58.9 Å². The molecule has 1 spiro atoms. The maximum atomic E-state index is 13.5. The van der Waals surface area contributed by atoms with Crippen molar-refractivity contribution < 1.29 is 0 Å². The van der Waals surface area contributed by atoms with E-state index in [1.54, 1.807) is 4.57 Å². The Hall–Kier alpha value is -4.21. The van der Waals surface area contributed by atoms with Crippen LogP contribution in [0.25, 0.3) is 27.6 Å². The summed E-state index contributed by atoms with van der Waals surface area (Å²) >= 11 is 0. The number of hydrogen-bond acceptors (Lipinski definition) is 8. The molecule has 35 heavy (non-hydrogen) atoms. The number of guanidine groups is 2. The summed E-state index contributed by atoms with van der Waals surface area (Å²) in [6.45, 7) is 2.45. The van der Waals surface area contributed by atoms with Gasteiger partial charge in [0.05, 0.1) is 5.52 Å². The van der Waals surface area contributed by atoms with Crippen molar-refractivity contribution in [2.45, 2.75) is 51.2 Å². The van der Waals surface area contributed by atoms with Gasteiger partial charge in [-0.3, -0.25) is 9.69 Å². The van der Waals surface area contributed by atoms with Crippen molar-refractivity contribution in [2.24, 2.45) is 21.5 Å². The zero-order chi connectivity index (χ0) is 24.2. The molecule has 0 radical (unpaired) electrons. The Morgan fingerprint density at radius 3 is 2.37 bits per heavy atom. The van der Waals surface area contributed by atoms with Crippen molar-refractivity contribution in [1.29, 1.82) is 0 Å². The highest BCUT2D eigenvalue weighted by Gasteiger charge is 2.42. The minimum absolute atomic E-state index is 0.160. The molecule has 0 unspecified atom stereocenters. The van der Waals surface area contributed by atoms with E-state index >= 15 is 0 Å². The van der Waals surface area contributed by atoms with Crippen LogP contribution in [0.4, 0.5) is 5.69 Å². The topological polar surface area (TPSA) is 133 Å². The van der Waals surface area contributed by atoms with Crippen molar-refractivity contribution in [3.63, 3.8) is 0 Å². The average Bonchev–Trinajstić information content (AvgIpc) is 3.28. The lowest BCUT2D eigenvalue weighted by Gasteiger charge is -2.45. The monoisotopic (exact) mass is 469 g/mol. The SMILES string of the molecule is CCn1c(=O)c(-n2nc3ccccc3n2)cc2ccc(N3C(N)=NC(N)=NC34CCCCC4)cc21. The minimum atomic E-state index is -0.543. The quantitative estimate of drug-likeness (QED) is 0.474. The fourth-order valence-electron chi connectivity index (χ4n) is 5.40. The molecule has 2 aromatic carbocycles. The normalized spacial score (nSPS) is 17.7. The third-order valence-electron chi connectivity index (χ3n) is 6.99. The predicted octanol–water partition coefficient (Wildman–Crippen LogP) is 2.87. The largest absolute Gasteiger partial charge is 0.369 e. The van der Waals surface area contributed by atoms with Gasteiger partial charge in [0.1, 0.15) is 16.7 Å². The van der Waals surface area contributed by atoms with Gasteiger partial charge in [0.15, 0.2) is 5.69 Å². The number of aromatic nitrogens is 4. The third-order valence-corrected chi connectivity index (χ3v) is 6.99. The molecule has 0 amide bonds. The standard InChI is InChI=1S/C25H27N9O/c1-2-32-20-15-17(33-24(27)28-23(26)29-25(33)12-6-3-7-13-25)11-10-16(20)14-21(22(32)35)34-30-18-8-4-5-9-19(18)31-34/h4-5,8-11,14-15H,2-3,6-7,12-13H2,1H3,(H4,26,27,28,29). The van der Waals surface area contributed by atoms with E-state index in [-0.39, 0.29) is 11.5 Å². The van der Waals surface area contributed by atoms with Crippen LogP contribution in [0.15, 0.2) is 63.3 Å². The average molecular weight is 470 g/mol. The van der Waals surface area contributed by atoms with Crippen LogP contribution in [-0.4, -0.2) is 37.1 Å². The second-order valence-corrected chi connectivity index (χ2v) is 9.12. The van der Waals surface area contributed by atoms with Gasteiger partial charge in [-0.2, -0.15) is 4.99 Å². The number of rotatable bonds is 3. The molecule has 2 aromatic heterocycles. The number of aryl methyl sites for hydroxylation is 1. The first-order valence-electron chi connectivity index (χ1n) is 12.0. The Morgan fingerprint density at radius 1 is 0.971 bits per heavy atom. The predicted molar refractivity (Wildman–Crippen MR) is 138 cm³/mol. The zero-order valence-electron chi connectivity index (χ0n) is 19.6. The number of fused-ring (bicyclic) bond motifs is 2. The second-order valence-electron chi connectivity index (χ2n) is 9.12. The van der Waals surface area contributed by atoms with Crippen LogP contribution in [0.3, 0.4) is 0 Å². The maximum absolute atomic E-state index is 13.5. The lowest BCUT2D eigenvalue weighted by Crippen LogP contribution is -2.58. The third kappa shape index (κ3) is 3.36. The molecule has 0 saturated heterocycles. The van der Waals surface area contributed by atoms with Gasteiger partial charge in [-0.25, -0.2) is 4.99 Å². The molecule has 0 bridgehead atoms. The van der Waals surface area contributed by atoms with Crippen molar-refractivity contribution in [1.82, 2.24) is 19.6 Å². The summed E-state index contributed by atoms with van der Waals surface area (Å²) in [4.78, 5) is 26.0. The number of nitrogens with zero attached hydrogens (tertiary/aromatic N) is 7. The van der Waals surface area contributed by atoms with Crippen LogP contribution in [0.2, 0.25) is 0 Å². The Bertz CT molecular complexity index is 1540. The molecule has 1 aliphatic heterocycles. The fourth-order valence-corrected chi connectivity index (χ4v) is 5.40. The molecule has 10 heteroatoms. The Morgan fingerprint density at radius 2 is 1.69 bits per heavy atom. The second kappa shape index (κ2) is 7.93. The molecule has 2 aliphatic rings. The van der Waals surface area contributed by atoms with Crippen LogP contribution in [0.5, 0.6) is 0 Å². The van der Waals surface area contributed by atoms with E-state index in [1.165, 1.54) is 4.80 Å². The lowest BCUT2D eigenvalue weighted by atomic mass is 9.87. The van der Waals surface area contributed by atoms with E-state index in [4.69, 9.17) is 16.5 Å². The van der Waals surface area contributed by atoms with Gasteiger partial charge in [-0.1, -0.05) is 24.6 Å². The first-order chi connectivity index (χ1) is 17.0. The molecule has 4 N–H and O–H groups in total. The van der Waals surface area contributed by atoms with Crippen LogP contribution >= 0.6 is 0 Å². The molecular weight excluding hydrogens is 442 g/mol. The van der Waals surface area contributed by atoms with E-state index in [0.29, 0.717) is 18.2 Å². The molecule has 1 fully saturated rings. The molecule has 3 heterocycles. The number of aliphatic imine (C=N–C) groups is 2. The van der Waals surface area contributed by atoms with E-state index in [2.05, 4.69) is 15.2 Å². The first kappa shape index (κ1) is 21.3. The van der Waals surface area contributed by atoms with Crippen LogP contribution in [0.1, 0.15) is 39.0 Å². The summed E-state index contributed by atoms with van der Waals surface area (Å²) in [5.41, 5.74) is 15.3.